The van der Waals surface area contributed by atoms with Crippen LogP contribution >= 0.6 is 0 Å². The van der Waals surface area contributed by atoms with Crippen molar-refractivity contribution in [2.24, 2.45) is 0 Å². The van der Waals surface area contributed by atoms with E-state index in [1.165, 1.54) is 19.1 Å². The van der Waals surface area contributed by atoms with Gasteiger partial charge in [-0.2, -0.15) is 0 Å². The third kappa shape index (κ3) is 2.12. The summed E-state index contributed by atoms with van der Waals surface area (Å²) in [6, 6.07) is 1.61. The van der Waals surface area contributed by atoms with E-state index in [1.807, 2.05) is 0 Å². The van der Waals surface area contributed by atoms with E-state index >= 15 is 0 Å². The Hall–Kier alpha value is -2.50. The summed E-state index contributed by atoms with van der Waals surface area (Å²) >= 11 is 0. The molecule has 2 N–H and O–H groups in total. The van der Waals surface area contributed by atoms with Crippen molar-refractivity contribution in [2.75, 3.05) is 5.73 Å². The molecule has 108 valence electrons. The maximum atomic E-state index is 12.9. The highest BCUT2D eigenvalue weighted by Crippen LogP contribution is 2.24. The van der Waals surface area contributed by atoms with E-state index in [1.54, 1.807) is 0 Å². The minimum atomic E-state index is -1.39. The molecule has 1 fully saturated rings. The van der Waals surface area contributed by atoms with Crippen LogP contribution in [0.3, 0.4) is 0 Å². The molecule has 0 aliphatic heterocycles. The molecule has 0 radical (unpaired) electrons. The van der Waals surface area contributed by atoms with Gasteiger partial charge in [-0.15, -0.1) is 0 Å². The molecular weight excluding hydrogens is 270 g/mol. The minimum absolute atomic E-state index is 0.00605. The van der Waals surface area contributed by atoms with Gasteiger partial charge in [-0.1, -0.05) is 6.07 Å². The lowest BCUT2D eigenvalue weighted by Gasteiger charge is -2.24. The van der Waals surface area contributed by atoms with Gasteiger partial charge in [-0.3, -0.25) is 19.0 Å². The van der Waals surface area contributed by atoms with Crippen LogP contribution < -0.4 is 11.3 Å². The zero-order valence-corrected chi connectivity index (χ0v) is 11.3. The van der Waals surface area contributed by atoms with Crippen LogP contribution in [-0.2, 0) is 9.59 Å². The monoisotopic (exact) mass is 288 g/mol. The molecule has 1 aliphatic rings. The number of anilines is 1. The SMILES string of the molecule is [2H]c1ccc2nc(C)n(C3C(=O)CC(=O)C([2H])C3[2H])c(=O)c2c1N. The lowest BCUT2D eigenvalue weighted by atomic mass is 9.92. The number of hydrogen-bond acceptors (Lipinski definition) is 5. The van der Waals surface area contributed by atoms with Crippen molar-refractivity contribution in [2.45, 2.75) is 32.2 Å². The van der Waals surface area contributed by atoms with Crippen molar-refractivity contribution in [3.05, 3.63) is 34.4 Å². The van der Waals surface area contributed by atoms with Crippen molar-refractivity contribution in [1.82, 2.24) is 9.55 Å². The molecule has 0 amide bonds. The molecule has 0 spiro atoms. The van der Waals surface area contributed by atoms with Crippen LogP contribution in [0, 0.1) is 6.92 Å². The standard InChI is InChI=1S/C15H15N3O3/c1-8-17-11-4-2-3-10(16)14(11)15(21)18(8)12-6-5-9(19)7-13(12)20/h2-4,12H,5-7,16H2,1H3/i3D,5D,6D. The molecule has 21 heavy (non-hydrogen) atoms. The molecule has 6 heteroatoms. The first-order chi connectivity index (χ1) is 11.2. The van der Waals surface area contributed by atoms with Gasteiger partial charge in [0.1, 0.15) is 11.6 Å². The molecule has 0 saturated heterocycles. The summed E-state index contributed by atoms with van der Waals surface area (Å²) in [5.41, 5.74) is 5.43. The summed E-state index contributed by atoms with van der Waals surface area (Å²) in [7, 11) is 0. The van der Waals surface area contributed by atoms with Gasteiger partial charge in [0.15, 0.2) is 5.78 Å². The van der Waals surface area contributed by atoms with E-state index in [0.717, 1.165) is 4.57 Å². The largest absolute Gasteiger partial charge is 0.398 e. The number of benzene rings is 1. The fraction of sp³-hybridized carbons (Fsp3) is 0.333. The lowest BCUT2D eigenvalue weighted by Crippen LogP contribution is -2.36. The van der Waals surface area contributed by atoms with E-state index in [9.17, 15) is 14.4 Å². The molecule has 1 saturated carbocycles. The number of carbonyl (C=O) groups is 2. The Morgan fingerprint density at radius 1 is 1.48 bits per heavy atom. The highest BCUT2D eigenvalue weighted by atomic mass is 16.2. The van der Waals surface area contributed by atoms with E-state index in [-0.39, 0.29) is 22.9 Å². The number of aryl methyl sites for hydroxylation is 1. The maximum Gasteiger partial charge on any atom is 0.264 e. The molecule has 3 unspecified atom stereocenters. The number of rotatable bonds is 1. The van der Waals surface area contributed by atoms with Gasteiger partial charge in [-0.05, 0) is 25.4 Å². The van der Waals surface area contributed by atoms with Crippen LogP contribution in [0.15, 0.2) is 23.0 Å². The molecule has 1 aliphatic carbocycles. The quantitative estimate of drug-likeness (QED) is 0.627. The third-order valence-electron chi connectivity index (χ3n) is 3.49. The van der Waals surface area contributed by atoms with Crippen LogP contribution in [0.25, 0.3) is 10.9 Å². The predicted molar refractivity (Wildman–Crippen MR) is 78.1 cm³/mol. The van der Waals surface area contributed by atoms with Gasteiger partial charge in [0, 0.05) is 14.8 Å². The Morgan fingerprint density at radius 3 is 3.00 bits per heavy atom. The maximum absolute atomic E-state index is 12.9. The Kier molecular flexibility index (Phi) is 2.35. The van der Waals surface area contributed by atoms with Crippen LogP contribution in [0.5, 0.6) is 0 Å². The Morgan fingerprint density at radius 2 is 2.24 bits per heavy atom. The zero-order valence-electron chi connectivity index (χ0n) is 14.3. The van der Waals surface area contributed by atoms with Crippen molar-refractivity contribution in [3.63, 3.8) is 0 Å². The van der Waals surface area contributed by atoms with E-state index < -0.39 is 42.4 Å². The molecule has 1 aromatic carbocycles. The lowest BCUT2D eigenvalue weighted by molar-refractivity contribution is -0.132. The average Bonchev–Trinajstić information content (AvgIpc) is 2.51. The number of nitrogen functional groups attached to an aromatic ring is 1. The smallest absolute Gasteiger partial charge is 0.264 e. The van der Waals surface area contributed by atoms with Gasteiger partial charge in [0.05, 0.1) is 24.7 Å². The van der Waals surface area contributed by atoms with Gasteiger partial charge in [0.25, 0.3) is 5.56 Å². The summed E-state index contributed by atoms with van der Waals surface area (Å²) < 4.78 is 24.6. The highest BCUT2D eigenvalue weighted by molar-refractivity contribution is 6.03. The van der Waals surface area contributed by atoms with Crippen LogP contribution in [-0.4, -0.2) is 21.1 Å². The van der Waals surface area contributed by atoms with Crippen LogP contribution in [0.1, 0.15) is 35.2 Å². The second kappa shape index (κ2) is 4.80. The Balaban J connectivity index is 2.30. The number of Topliss-reactive ketones (excluding diaryl/α,β-unsaturated/α-hetero) is 2. The topological polar surface area (TPSA) is 95.0 Å². The fourth-order valence-electron chi connectivity index (χ4n) is 2.52. The molecule has 3 atom stereocenters. The fourth-order valence-corrected chi connectivity index (χ4v) is 2.52. The predicted octanol–water partition coefficient (Wildman–Crippen LogP) is 1.15. The number of hydrogen-bond donors (Lipinski definition) is 1. The second-order valence-corrected chi connectivity index (χ2v) is 4.90. The summed E-state index contributed by atoms with van der Waals surface area (Å²) in [6.45, 7) is 1.51. The van der Waals surface area contributed by atoms with Gasteiger partial charge < -0.3 is 5.73 Å². The van der Waals surface area contributed by atoms with E-state index in [4.69, 9.17) is 9.85 Å². The Bertz CT molecular complexity index is 941. The molecule has 2 aromatic rings. The van der Waals surface area contributed by atoms with Gasteiger partial charge >= 0.3 is 0 Å². The molecule has 1 heterocycles. The number of nitrogens with zero attached hydrogens (tertiary/aromatic N) is 2. The van der Waals surface area contributed by atoms with Crippen LogP contribution in [0.2, 0.25) is 0 Å². The first-order valence-corrected chi connectivity index (χ1v) is 6.42. The zero-order chi connectivity index (χ0) is 17.8. The Labute approximate surface area is 124 Å². The number of nitrogens with two attached hydrogens (primary N) is 1. The van der Waals surface area contributed by atoms with Crippen LogP contribution in [0.4, 0.5) is 5.69 Å². The normalized spacial score (nSPS) is 28.2. The van der Waals surface area contributed by atoms with Crippen molar-refractivity contribution in [3.8, 4) is 0 Å². The van der Waals surface area contributed by atoms with Crippen molar-refractivity contribution >= 4 is 28.2 Å². The summed E-state index contributed by atoms with van der Waals surface area (Å²) in [6.07, 6.45) is -3.27. The second-order valence-electron chi connectivity index (χ2n) is 4.90. The summed E-state index contributed by atoms with van der Waals surface area (Å²) in [4.78, 5) is 41.0. The molecule has 1 aromatic heterocycles. The number of carbonyl (C=O) groups excluding carboxylic acids is 2. The summed E-state index contributed by atoms with van der Waals surface area (Å²) in [5.74, 6) is -1.01. The molecular formula is C15H15N3O3. The number of fused-ring (bicyclic) bond motifs is 1. The first-order valence-electron chi connectivity index (χ1n) is 8.07. The van der Waals surface area contributed by atoms with E-state index in [0.29, 0.717) is 5.52 Å². The number of aromatic nitrogens is 2. The average molecular weight is 288 g/mol. The van der Waals surface area contributed by atoms with Crippen molar-refractivity contribution < 1.29 is 13.7 Å². The van der Waals surface area contributed by atoms with Gasteiger partial charge in [-0.25, -0.2) is 4.98 Å². The minimum Gasteiger partial charge on any atom is -0.398 e. The molecule has 3 rings (SSSR count). The first kappa shape index (κ1) is 10.3. The molecule has 0 bridgehead atoms. The van der Waals surface area contributed by atoms with Gasteiger partial charge in [0.2, 0.25) is 0 Å². The van der Waals surface area contributed by atoms with Crippen molar-refractivity contribution in [1.29, 1.82) is 0 Å². The summed E-state index contributed by atoms with van der Waals surface area (Å²) in [5, 5.41) is 0.00605. The third-order valence-corrected chi connectivity index (χ3v) is 3.49. The number of ketones is 2. The molecule has 6 nitrogen and oxygen atoms in total. The van der Waals surface area contributed by atoms with E-state index in [2.05, 4.69) is 4.98 Å². The highest BCUT2D eigenvalue weighted by Gasteiger charge is 2.30.